The third-order valence-electron chi connectivity index (χ3n) is 1.85. The van der Waals surface area contributed by atoms with Gasteiger partial charge in [-0.2, -0.15) is 0 Å². The summed E-state index contributed by atoms with van der Waals surface area (Å²) in [5, 5.41) is 15.1. The van der Waals surface area contributed by atoms with Gasteiger partial charge in [0.1, 0.15) is 18.7 Å². The Kier molecular flexibility index (Phi) is 3.82. The predicted molar refractivity (Wildman–Crippen MR) is 55.7 cm³/mol. The SMILES string of the molecule is CNC(=O)/C(=N/OC)c1c(O)cccc1F. The van der Waals surface area contributed by atoms with Crippen LogP contribution in [0.1, 0.15) is 5.56 Å². The molecule has 0 aliphatic rings. The van der Waals surface area contributed by atoms with Crippen molar-refractivity contribution in [3.63, 3.8) is 0 Å². The lowest BCUT2D eigenvalue weighted by Crippen LogP contribution is -2.29. The Morgan fingerprint density at radius 2 is 2.25 bits per heavy atom. The number of halogens is 1. The van der Waals surface area contributed by atoms with Gasteiger partial charge in [0, 0.05) is 7.05 Å². The minimum Gasteiger partial charge on any atom is -0.507 e. The lowest BCUT2D eigenvalue weighted by atomic mass is 10.1. The van der Waals surface area contributed by atoms with Crippen LogP contribution in [0.3, 0.4) is 0 Å². The van der Waals surface area contributed by atoms with Crippen molar-refractivity contribution in [3.8, 4) is 5.75 Å². The Hall–Kier alpha value is -2.11. The van der Waals surface area contributed by atoms with Crippen molar-refractivity contribution in [2.45, 2.75) is 0 Å². The molecular weight excluding hydrogens is 215 g/mol. The molecule has 0 bridgehead atoms. The lowest BCUT2D eigenvalue weighted by Gasteiger charge is -2.07. The van der Waals surface area contributed by atoms with Crippen LogP contribution in [0, 0.1) is 5.82 Å². The molecule has 86 valence electrons. The van der Waals surface area contributed by atoms with Crippen molar-refractivity contribution >= 4 is 11.6 Å². The average Bonchev–Trinajstić information content (AvgIpc) is 2.26. The molecule has 0 spiro atoms. The fourth-order valence-corrected chi connectivity index (χ4v) is 1.16. The summed E-state index contributed by atoms with van der Waals surface area (Å²) >= 11 is 0. The number of hydrogen-bond donors (Lipinski definition) is 2. The molecule has 0 saturated carbocycles. The zero-order chi connectivity index (χ0) is 12.1. The third kappa shape index (κ3) is 2.28. The maximum atomic E-state index is 13.4. The number of amides is 1. The van der Waals surface area contributed by atoms with Crippen molar-refractivity contribution < 1.29 is 19.1 Å². The largest absolute Gasteiger partial charge is 0.507 e. The van der Waals surface area contributed by atoms with E-state index < -0.39 is 11.7 Å². The second kappa shape index (κ2) is 5.11. The van der Waals surface area contributed by atoms with Crippen molar-refractivity contribution in [2.75, 3.05) is 14.2 Å². The van der Waals surface area contributed by atoms with E-state index in [1.165, 1.54) is 26.3 Å². The van der Waals surface area contributed by atoms with Crippen molar-refractivity contribution in [3.05, 3.63) is 29.6 Å². The molecule has 1 amide bonds. The first kappa shape index (κ1) is 12.0. The van der Waals surface area contributed by atoms with Crippen LogP contribution in [0.2, 0.25) is 0 Å². The Morgan fingerprint density at radius 3 is 2.75 bits per heavy atom. The van der Waals surface area contributed by atoms with Gasteiger partial charge in [0.15, 0.2) is 5.71 Å². The third-order valence-corrected chi connectivity index (χ3v) is 1.85. The van der Waals surface area contributed by atoms with Crippen LogP contribution >= 0.6 is 0 Å². The number of oxime groups is 1. The molecule has 1 rings (SSSR count). The molecule has 16 heavy (non-hydrogen) atoms. The van der Waals surface area contributed by atoms with Crippen molar-refractivity contribution in [2.24, 2.45) is 5.16 Å². The van der Waals surface area contributed by atoms with E-state index in [0.717, 1.165) is 6.07 Å². The van der Waals surface area contributed by atoms with Gasteiger partial charge in [0.05, 0.1) is 5.56 Å². The van der Waals surface area contributed by atoms with E-state index in [9.17, 15) is 14.3 Å². The highest BCUT2D eigenvalue weighted by molar-refractivity contribution is 6.45. The van der Waals surface area contributed by atoms with Crippen LogP contribution in [0.5, 0.6) is 5.75 Å². The molecular formula is C10H11FN2O3. The summed E-state index contributed by atoms with van der Waals surface area (Å²) in [7, 11) is 2.59. The molecule has 0 atom stereocenters. The second-order valence-electron chi connectivity index (χ2n) is 2.84. The smallest absolute Gasteiger partial charge is 0.273 e. The Labute approximate surface area is 91.5 Å². The molecule has 0 fully saturated rings. The van der Waals surface area contributed by atoms with Gasteiger partial charge in [0.25, 0.3) is 5.91 Å². The van der Waals surface area contributed by atoms with Crippen molar-refractivity contribution in [1.82, 2.24) is 5.32 Å². The first-order valence-corrected chi connectivity index (χ1v) is 4.43. The number of aromatic hydroxyl groups is 1. The number of nitrogens with one attached hydrogen (secondary N) is 1. The quantitative estimate of drug-likeness (QED) is 0.586. The summed E-state index contributed by atoms with van der Waals surface area (Å²) in [4.78, 5) is 15.8. The van der Waals surface area contributed by atoms with E-state index >= 15 is 0 Å². The molecule has 0 heterocycles. The Balaban J connectivity index is 3.32. The van der Waals surface area contributed by atoms with E-state index in [2.05, 4.69) is 15.3 Å². The number of carbonyl (C=O) groups excluding carboxylic acids is 1. The van der Waals surface area contributed by atoms with Crippen LogP contribution < -0.4 is 5.32 Å². The molecule has 0 aliphatic heterocycles. The van der Waals surface area contributed by atoms with E-state index in [1.54, 1.807) is 0 Å². The summed E-state index contributed by atoms with van der Waals surface area (Å²) in [6, 6.07) is 3.69. The Morgan fingerprint density at radius 1 is 1.56 bits per heavy atom. The average molecular weight is 226 g/mol. The zero-order valence-electron chi connectivity index (χ0n) is 8.82. The van der Waals surface area contributed by atoms with Crippen molar-refractivity contribution in [1.29, 1.82) is 0 Å². The summed E-state index contributed by atoms with van der Waals surface area (Å²) in [6.07, 6.45) is 0. The monoisotopic (exact) mass is 226 g/mol. The number of benzene rings is 1. The topological polar surface area (TPSA) is 70.9 Å². The van der Waals surface area contributed by atoms with Gasteiger partial charge in [-0.05, 0) is 12.1 Å². The fraction of sp³-hybridized carbons (Fsp3) is 0.200. The second-order valence-corrected chi connectivity index (χ2v) is 2.84. The molecule has 5 nitrogen and oxygen atoms in total. The van der Waals surface area contributed by atoms with Crippen LogP contribution in [0.15, 0.2) is 23.4 Å². The highest BCUT2D eigenvalue weighted by atomic mass is 19.1. The number of carbonyl (C=O) groups is 1. The minimum absolute atomic E-state index is 0.288. The molecule has 0 unspecified atom stereocenters. The van der Waals surface area contributed by atoms with Crippen LogP contribution in [-0.2, 0) is 9.63 Å². The molecule has 1 aromatic carbocycles. The number of nitrogens with zero attached hydrogens (tertiary/aromatic N) is 1. The van der Waals surface area contributed by atoms with Gasteiger partial charge >= 0.3 is 0 Å². The van der Waals surface area contributed by atoms with Crippen LogP contribution in [-0.4, -0.2) is 30.9 Å². The van der Waals surface area contributed by atoms with E-state index in [-0.39, 0.29) is 17.0 Å². The lowest BCUT2D eigenvalue weighted by molar-refractivity contribution is -0.114. The van der Waals surface area contributed by atoms with Gasteiger partial charge in [-0.3, -0.25) is 4.79 Å². The van der Waals surface area contributed by atoms with Gasteiger partial charge in [-0.15, -0.1) is 0 Å². The fourth-order valence-electron chi connectivity index (χ4n) is 1.16. The van der Waals surface area contributed by atoms with Gasteiger partial charge in [-0.25, -0.2) is 4.39 Å². The number of likely N-dealkylation sites (N-methyl/N-ethyl adjacent to an activating group) is 1. The summed E-state index contributed by atoms with van der Waals surface area (Å²) < 4.78 is 13.4. The number of phenols is 1. The standard InChI is InChI=1S/C10H11FN2O3/c1-12-10(15)9(13-16-2)8-6(11)4-3-5-7(8)14/h3-5,14H,1-2H3,(H,12,15)/b13-9+. The zero-order valence-corrected chi connectivity index (χ0v) is 8.82. The molecule has 0 aromatic heterocycles. The molecule has 1 aromatic rings. The van der Waals surface area contributed by atoms with E-state index in [4.69, 9.17) is 0 Å². The van der Waals surface area contributed by atoms with Gasteiger partial charge < -0.3 is 15.3 Å². The maximum absolute atomic E-state index is 13.4. The molecule has 0 aliphatic carbocycles. The number of rotatable bonds is 3. The predicted octanol–water partition coefficient (Wildman–Crippen LogP) is 0.628. The summed E-state index contributed by atoms with van der Waals surface area (Å²) in [5.41, 5.74) is -0.607. The summed E-state index contributed by atoms with van der Waals surface area (Å²) in [5.74, 6) is -1.78. The number of phenolic OH excluding ortho intramolecular Hbond substituents is 1. The molecule has 0 saturated heterocycles. The molecule has 6 heteroatoms. The molecule has 2 N–H and O–H groups in total. The maximum Gasteiger partial charge on any atom is 0.273 e. The Bertz CT molecular complexity index is 412. The summed E-state index contributed by atoms with van der Waals surface area (Å²) in [6.45, 7) is 0. The number of hydrogen-bond acceptors (Lipinski definition) is 4. The highest BCUT2D eigenvalue weighted by Gasteiger charge is 2.21. The van der Waals surface area contributed by atoms with Crippen LogP contribution in [0.25, 0.3) is 0 Å². The first-order valence-electron chi connectivity index (χ1n) is 4.43. The van der Waals surface area contributed by atoms with Crippen LogP contribution in [0.4, 0.5) is 4.39 Å². The highest BCUT2D eigenvalue weighted by Crippen LogP contribution is 2.20. The minimum atomic E-state index is -0.751. The van der Waals surface area contributed by atoms with E-state index in [0.29, 0.717) is 0 Å². The molecule has 0 radical (unpaired) electrons. The normalized spacial score (nSPS) is 11.1. The first-order chi connectivity index (χ1) is 7.61. The van der Waals surface area contributed by atoms with Gasteiger partial charge in [0.2, 0.25) is 0 Å². The van der Waals surface area contributed by atoms with Gasteiger partial charge in [-0.1, -0.05) is 11.2 Å². The van der Waals surface area contributed by atoms with E-state index in [1.807, 2.05) is 0 Å².